The molecule has 2 unspecified atom stereocenters. The first kappa shape index (κ1) is 14.0. The second-order valence-electron chi connectivity index (χ2n) is 5.99. The number of rotatable bonds is 5. The standard InChI is InChI=1S/C15H25N3O2/c1-2-5-16-9-13-10-17-18(11-13)14-3-6-20-15(8-14)4-7-19-12-15/h10-11,14,16H,2-9,12H2,1H3. The minimum absolute atomic E-state index is 0.0461. The molecule has 0 radical (unpaired) electrons. The molecule has 3 heterocycles. The molecule has 20 heavy (non-hydrogen) atoms. The van der Waals surface area contributed by atoms with Gasteiger partial charge in [-0.05, 0) is 19.4 Å². The maximum atomic E-state index is 5.99. The van der Waals surface area contributed by atoms with Crippen LogP contribution in [0.2, 0.25) is 0 Å². The lowest BCUT2D eigenvalue weighted by molar-refractivity contribution is -0.0962. The quantitative estimate of drug-likeness (QED) is 0.836. The van der Waals surface area contributed by atoms with Crippen LogP contribution in [0.4, 0.5) is 0 Å². The number of nitrogens with zero attached hydrogens (tertiary/aromatic N) is 2. The third kappa shape index (κ3) is 3.05. The molecule has 3 rings (SSSR count). The van der Waals surface area contributed by atoms with E-state index < -0.39 is 0 Å². The lowest BCUT2D eigenvalue weighted by Gasteiger charge is -2.37. The van der Waals surface area contributed by atoms with Crippen LogP contribution in [-0.2, 0) is 16.0 Å². The predicted molar refractivity (Wildman–Crippen MR) is 76.6 cm³/mol. The summed E-state index contributed by atoms with van der Waals surface area (Å²) in [5, 5.41) is 7.97. The lowest BCUT2D eigenvalue weighted by atomic mass is 9.90. The SMILES string of the molecule is CCCNCc1cnn(C2CCOC3(CCOC3)C2)c1. The molecule has 2 fully saturated rings. The number of aromatic nitrogens is 2. The van der Waals surface area contributed by atoms with E-state index in [9.17, 15) is 0 Å². The van der Waals surface area contributed by atoms with Gasteiger partial charge in [-0.3, -0.25) is 4.68 Å². The zero-order valence-corrected chi connectivity index (χ0v) is 12.3. The maximum absolute atomic E-state index is 5.99. The Hall–Kier alpha value is -0.910. The summed E-state index contributed by atoms with van der Waals surface area (Å²) in [5.74, 6) is 0. The summed E-state index contributed by atoms with van der Waals surface area (Å²) in [6.45, 7) is 6.54. The van der Waals surface area contributed by atoms with Crippen molar-refractivity contribution in [1.82, 2.24) is 15.1 Å². The van der Waals surface area contributed by atoms with Gasteiger partial charge in [0.15, 0.2) is 0 Å². The van der Waals surface area contributed by atoms with Gasteiger partial charge in [-0.25, -0.2) is 0 Å². The summed E-state index contributed by atoms with van der Waals surface area (Å²) in [6, 6.07) is 0.449. The lowest BCUT2D eigenvalue weighted by Crippen LogP contribution is -2.41. The number of nitrogens with one attached hydrogen (secondary N) is 1. The Bertz CT molecular complexity index is 427. The summed E-state index contributed by atoms with van der Waals surface area (Å²) in [5.41, 5.74) is 1.22. The van der Waals surface area contributed by atoms with Crippen molar-refractivity contribution in [3.63, 3.8) is 0 Å². The molecular weight excluding hydrogens is 254 g/mol. The highest BCUT2D eigenvalue weighted by molar-refractivity contribution is 5.05. The number of hydrogen-bond acceptors (Lipinski definition) is 4. The molecule has 1 aromatic rings. The van der Waals surface area contributed by atoms with E-state index in [1.807, 2.05) is 6.20 Å². The monoisotopic (exact) mass is 279 g/mol. The Labute approximate surface area is 120 Å². The van der Waals surface area contributed by atoms with E-state index in [0.717, 1.165) is 58.6 Å². The van der Waals surface area contributed by atoms with E-state index in [4.69, 9.17) is 9.47 Å². The molecular formula is C15H25N3O2. The summed E-state index contributed by atoms with van der Waals surface area (Å²) in [7, 11) is 0. The van der Waals surface area contributed by atoms with Crippen molar-refractivity contribution in [2.24, 2.45) is 0 Å². The normalized spacial score (nSPS) is 30.1. The zero-order valence-electron chi connectivity index (χ0n) is 12.3. The molecule has 5 nitrogen and oxygen atoms in total. The van der Waals surface area contributed by atoms with Gasteiger partial charge in [-0.15, -0.1) is 0 Å². The fourth-order valence-electron chi connectivity index (χ4n) is 3.17. The van der Waals surface area contributed by atoms with Crippen molar-refractivity contribution >= 4 is 0 Å². The number of hydrogen-bond donors (Lipinski definition) is 1. The van der Waals surface area contributed by atoms with Gasteiger partial charge in [-0.2, -0.15) is 5.10 Å². The first-order valence-electron chi connectivity index (χ1n) is 7.77. The Morgan fingerprint density at radius 1 is 1.50 bits per heavy atom. The fourth-order valence-corrected chi connectivity index (χ4v) is 3.17. The van der Waals surface area contributed by atoms with E-state index in [2.05, 4.69) is 28.2 Å². The van der Waals surface area contributed by atoms with Crippen LogP contribution in [0.15, 0.2) is 12.4 Å². The highest BCUT2D eigenvalue weighted by Gasteiger charge is 2.41. The van der Waals surface area contributed by atoms with Gasteiger partial charge in [0.05, 0.1) is 24.4 Å². The van der Waals surface area contributed by atoms with Crippen molar-refractivity contribution < 1.29 is 9.47 Å². The van der Waals surface area contributed by atoms with Gasteiger partial charge >= 0.3 is 0 Å². The molecule has 2 aliphatic heterocycles. The van der Waals surface area contributed by atoms with Crippen LogP contribution in [0.3, 0.4) is 0 Å². The first-order chi connectivity index (χ1) is 9.81. The molecule has 0 aromatic carbocycles. The highest BCUT2D eigenvalue weighted by Crippen LogP contribution is 2.37. The smallest absolute Gasteiger partial charge is 0.0957 e. The number of ether oxygens (including phenoxy) is 2. The van der Waals surface area contributed by atoms with Crippen LogP contribution in [0, 0.1) is 0 Å². The van der Waals surface area contributed by atoms with Crippen molar-refractivity contribution in [1.29, 1.82) is 0 Å². The molecule has 5 heteroatoms. The molecule has 0 saturated carbocycles. The van der Waals surface area contributed by atoms with E-state index in [1.54, 1.807) is 0 Å². The summed E-state index contributed by atoms with van der Waals surface area (Å²) in [6.07, 6.45) is 8.42. The molecule has 1 N–H and O–H groups in total. The van der Waals surface area contributed by atoms with Crippen LogP contribution < -0.4 is 5.32 Å². The van der Waals surface area contributed by atoms with Crippen molar-refractivity contribution in [2.75, 3.05) is 26.4 Å². The molecule has 0 amide bonds. The van der Waals surface area contributed by atoms with Gasteiger partial charge in [0.1, 0.15) is 0 Å². The van der Waals surface area contributed by atoms with Crippen LogP contribution in [0.25, 0.3) is 0 Å². The topological polar surface area (TPSA) is 48.3 Å². The summed E-state index contributed by atoms with van der Waals surface area (Å²) in [4.78, 5) is 0. The Balaban J connectivity index is 1.60. The Morgan fingerprint density at radius 2 is 2.45 bits per heavy atom. The van der Waals surface area contributed by atoms with Crippen molar-refractivity contribution in [3.8, 4) is 0 Å². The first-order valence-corrected chi connectivity index (χ1v) is 7.77. The van der Waals surface area contributed by atoms with E-state index in [0.29, 0.717) is 6.04 Å². The molecule has 1 aromatic heterocycles. The van der Waals surface area contributed by atoms with Crippen LogP contribution in [0.5, 0.6) is 0 Å². The van der Waals surface area contributed by atoms with Crippen LogP contribution in [0.1, 0.15) is 44.2 Å². The molecule has 2 atom stereocenters. The molecule has 0 aliphatic carbocycles. The zero-order chi connectivity index (χ0) is 13.8. The second-order valence-corrected chi connectivity index (χ2v) is 5.99. The average molecular weight is 279 g/mol. The van der Waals surface area contributed by atoms with Crippen LogP contribution in [-0.4, -0.2) is 41.7 Å². The van der Waals surface area contributed by atoms with Gasteiger partial charge in [0.25, 0.3) is 0 Å². The molecule has 2 aliphatic rings. The fraction of sp³-hybridized carbons (Fsp3) is 0.800. The third-order valence-corrected chi connectivity index (χ3v) is 4.32. The Kier molecular flexibility index (Phi) is 4.38. The molecule has 1 spiro atoms. The minimum Gasteiger partial charge on any atom is -0.378 e. The molecule has 0 bridgehead atoms. The van der Waals surface area contributed by atoms with Crippen molar-refractivity contribution in [2.45, 2.75) is 50.8 Å². The second kappa shape index (κ2) is 6.24. The van der Waals surface area contributed by atoms with Gasteiger partial charge < -0.3 is 14.8 Å². The van der Waals surface area contributed by atoms with Gasteiger partial charge in [-0.1, -0.05) is 6.92 Å². The molecule has 112 valence electrons. The van der Waals surface area contributed by atoms with E-state index in [-0.39, 0.29) is 5.60 Å². The van der Waals surface area contributed by atoms with Gasteiger partial charge in [0.2, 0.25) is 0 Å². The average Bonchev–Trinajstić information content (AvgIpc) is 3.09. The predicted octanol–water partition coefficient (Wildman–Crippen LogP) is 1.89. The van der Waals surface area contributed by atoms with Crippen LogP contribution >= 0.6 is 0 Å². The maximum Gasteiger partial charge on any atom is 0.0957 e. The Morgan fingerprint density at radius 3 is 3.25 bits per heavy atom. The molecule has 2 saturated heterocycles. The third-order valence-electron chi connectivity index (χ3n) is 4.32. The highest BCUT2D eigenvalue weighted by atomic mass is 16.6. The van der Waals surface area contributed by atoms with E-state index in [1.165, 1.54) is 5.56 Å². The summed E-state index contributed by atoms with van der Waals surface area (Å²) < 4.78 is 13.6. The summed E-state index contributed by atoms with van der Waals surface area (Å²) >= 11 is 0. The largest absolute Gasteiger partial charge is 0.378 e. The van der Waals surface area contributed by atoms with Gasteiger partial charge in [0, 0.05) is 44.4 Å². The van der Waals surface area contributed by atoms with Crippen molar-refractivity contribution in [3.05, 3.63) is 18.0 Å². The minimum atomic E-state index is -0.0461. The van der Waals surface area contributed by atoms with E-state index >= 15 is 0 Å².